The van der Waals surface area contributed by atoms with Crippen molar-refractivity contribution in [2.24, 2.45) is 0 Å². The molecule has 0 aromatic carbocycles. The summed E-state index contributed by atoms with van der Waals surface area (Å²) >= 11 is 0. The molecule has 20 heteroatoms. The SMILES string of the molecule is COC(=O)C1(NC(=O)OC(C)(C)C)CC(OS(=O)(=O)C(F)(F)C(F)(F)OC(F)(F)C(F)(F)CCCCCCCCCCC(=O)O)C1. The Morgan fingerprint density at radius 3 is 1.76 bits per heavy atom. The lowest BCUT2D eigenvalue weighted by molar-refractivity contribution is -0.456. The molecule has 0 bridgehead atoms. The summed E-state index contributed by atoms with van der Waals surface area (Å²) in [4.78, 5) is 34.7. The molecule has 11 nitrogen and oxygen atoms in total. The first-order valence-corrected chi connectivity index (χ1v) is 15.6. The number of amides is 1. The Morgan fingerprint density at radius 1 is 0.826 bits per heavy atom. The lowest BCUT2D eigenvalue weighted by Gasteiger charge is -2.44. The van der Waals surface area contributed by atoms with E-state index in [9.17, 15) is 57.9 Å². The molecule has 1 rings (SSSR count). The molecule has 1 amide bonds. The summed E-state index contributed by atoms with van der Waals surface area (Å²) in [6.45, 7) is 4.33. The van der Waals surface area contributed by atoms with Gasteiger partial charge >= 0.3 is 51.5 Å². The van der Waals surface area contributed by atoms with Crippen molar-refractivity contribution in [2.75, 3.05) is 7.11 Å². The highest BCUT2D eigenvalue weighted by Gasteiger charge is 2.75. The molecule has 1 aliphatic carbocycles. The predicted molar refractivity (Wildman–Crippen MR) is 142 cm³/mol. The van der Waals surface area contributed by atoms with Gasteiger partial charge in [-0.3, -0.25) is 8.98 Å². The molecule has 0 spiro atoms. The number of esters is 1. The van der Waals surface area contributed by atoms with Gasteiger partial charge in [0.05, 0.1) is 13.2 Å². The number of unbranched alkanes of at least 4 members (excludes halogenated alkanes) is 7. The van der Waals surface area contributed by atoms with E-state index in [4.69, 9.17) is 9.84 Å². The van der Waals surface area contributed by atoms with Gasteiger partial charge in [-0.2, -0.15) is 43.5 Å². The van der Waals surface area contributed by atoms with E-state index < -0.39 is 94.5 Å². The lowest BCUT2D eigenvalue weighted by atomic mass is 9.74. The highest BCUT2D eigenvalue weighted by Crippen LogP contribution is 2.49. The molecule has 0 aromatic rings. The zero-order chi connectivity index (χ0) is 35.8. The number of nitrogens with one attached hydrogen (secondary N) is 1. The van der Waals surface area contributed by atoms with Crippen LogP contribution < -0.4 is 5.32 Å². The minimum Gasteiger partial charge on any atom is -0.481 e. The van der Waals surface area contributed by atoms with Gasteiger partial charge in [0, 0.05) is 25.7 Å². The zero-order valence-corrected chi connectivity index (χ0v) is 26.4. The molecule has 0 unspecified atom stereocenters. The Morgan fingerprint density at radius 2 is 1.30 bits per heavy atom. The normalized spacial score (nSPS) is 19.7. The van der Waals surface area contributed by atoms with E-state index in [0.29, 0.717) is 32.1 Å². The van der Waals surface area contributed by atoms with Crippen molar-refractivity contribution in [1.29, 1.82) is 0 Å². The summed E-state index contributed by atoms with van der Waals surface area (Å²) in [5.41, 5.74) is -3.17. The Balaban J connectivity index is 2.78. The van der Waals surface area contributed by atoms with Crippen molar-refractivity contribution in [3.8, 4) is 0 Å². The average molecular weight is 710 g/mol. The van der Waals surface area contributed by atoms with E-state index in [-0.39, 0.29) is 19.3 Å². The quantitative estimate of drug-likeness (QED) is 0.0633. The first-order valence-electron chi connectivity index (χ1n) is 14.2. The third-order valence-corrected chi connectivity index (χ3v) is 8.09. The van der Waals surface area contributed by atoms with Gasteiger partial charge in [0.1, 0.15) is 11.1 Å². The predicted octanol–water partition coefficient (Wildman–Crippen LogP) is 6.35. The number of aliphatic carboxylic acids is 1. The Kier molecular flexibility index (Phi) is 14.1. The molecular weight excluding hydrogens is 670 g/mol. The number of ether oxygens (including phenoxy) is 3. The molecule has 0 aliphatic heterocycles. The van der Waals surface area contributed by atoms with E-state index in [1.807, 2.05) is 5.32 Å². The minimum atomic E-state index is -6.89. The van der Waals surface area contributed by atoms with Crippen LogP contribution in [0.5, 0.6) is 0 Å². The van der Waals surface area contributed by atoms with Gasteiger partial charge in [-0.25, -0.2) is 14.3 Å². The van der Waals surface area contributed by atoms with Gasteiger partial charge in [-0.15, -0.1) is 0 Å². The number of hydrogen-bond donors (Lipinski definition) is 2. The number of rotatable bonds is 20. The van der Waals surface area contributed by atoms with Crippen LogP contribution in [-0.2, 0) is 38.1 Å². The molecule has 0 saturated heterocycles. The van der Waals surface area contributed by atoms with E-state index in [2.05, 4.69) is 13.7 Å². The molecule has 0 heterocycles. The number of carboxylic acid groups (broad SMARTS) is 1. The molecule has 1 saturated carbocycles. The van der Waals surface area contributed by atoms with Crippen LogP contribution in [0, 0.1) is 0 Å². The van der Waals surface area contributed by atoms with E-state index in [1.54, 1.807) is 0 Å². The lowest BCUT2D eigenvalue weighted by Crippen LogP contribution is -2.66. The summed E-state index contributed by atoms with van der Waals surface area (Å²) in [5.74, 6) is -7.58. The van der Waals surface area contributed by atoms with E-state index in [1.165, 1.54) is 20.8 Å². The summed E-state index contributed by atoms with van der Waals surface area (Å²) < 4.78 is 154. The van der Waals surface area contributed by atoms with Crippen molar-refractivity contribution in [2.45, 2.75) is 138 Å². The summed E-state index contributed by atoms with van der Waals surface area (Å²) in [6, 6.07) is 0. The standard InChI is InChI=1S/C26H39F8NO10S/c1-21(2,3)43-20(39)35-22(19(38)42-4)15-17(16-22)44-46(40,41)26(33,34)25(31,32)45-24(29,30)23(27,28)14-12-10-8-6-5-7-9-11-13-18(36)37/h17H,5-16H2,1-4H3,(H,35,39)(H,36,37). The number of carboxylic acids is 1. The summed E-state index contributed by atoms with van der Waals surface area (Å²) in [6.07, 6.45) is -17.5. The second-order valence-electron chi connectivity index (χ2n) is 11.9. The van der Waals surface area contributed by atoms with Crippen molar-refractivity contribution in [3.05, 3.63) is 0 Å². The Bertz CT molecular complexity index is 1160. The number of methoxy groups -OCH3 is 1. The van der Waals surface area contributed by atoms with Crippen LogP contribution in [0.3, 0.4) is 0 Å². The molecule has 270 valence electrons. The fourth-order valence-corrected chi connectivity index (χ4v) is 5.26. The van der Waals surface area contributed by atoms with Crippen molar-refractivity contribution < 1.29 is 81.4 Å². The number of carbonyl (C=O) groups is 3. The smallest absolute Gasteiger partial charge is 0.460 e. The zero-order valence-electron chi connectivity index (χ0n) is 25.6. The van der Waals surface area contributed by atoms with Gasteiger partial charge in [0.25, 0.3) is 0 Å². The topological polar surface area (TPSA) is 155 Å². The van der Waals surface area contributed by atoms with Crippen molar-refractivity contribution in [3.63, 3.8) is 0 Å². The largest absolute Gasteiger partial charge is 0.481 e. The minimum absolute atomic E-state index is 0.0113. The number of halogens is 8. The Labute approximate surface area is 260 Å². The average Bonchev–Trinajstić information content (AvgIpc) is 2.85. The van der Waals surface area contributed by atoms with Gasteiger partial charge in [0.2, 0.25) is 0 Å². The van der Waals surface area contributed by atoms with Crippen LogP contribution in [0.2, 0.25) is 0 Å². The number of alkyl halides is 8. The number of hydrogen-bond acceptors (Lipinski definition) is 9. The molecule has 1 aliphatic rings. The van der Waals surface area contributed by atoms with Gasteiger partial charge in [0.15, 0.2) is 0 Å². The molecule has 1 fully saturated rings. The maximum atomic E-state index is 14.4. The molecule has 0 aromatic heterocycles. The summed E-state index contributed by atoms with van der Waals surface area (Å²) in [7, 11) is -6.04. The molecule has 2 N–H and O–H groups in total. The molecule has 0 atom stereocenters. The molecule has 0 radical (unpaired) electrons. The van der Waals surface area contributed by atoms with Crippen LogP contribution in [0.4, 0.5) is 39.9 Å². The van der Waals surface area contributed by atoms with Crippen molar-refractivity contribution >= 4 is 28.1 Å². The second-order valence-corrected chi connectivity index (χ2v) is 13.5. The molecular formula is C26H39F8NO10S. The highest BCUT2D eigenvalue weighted by atomic mass is 32.2. The maximum absolute atomic E-state index is 14.4. The van der Waals surface area contributed by atoms with Gasteiger partial charge in [-0.05, 0) is 33.6 Å². The maximum Gasteiger partial charge on any atom is 0.460 e. The van der Waals surface area contributed by atoms with Crippen LogP contribution >= 0.6 is 0 Å². The third-order valence-electron chi connectivity index (χ3n) is 6.70. The van der Waals surface area contributed by atoms with Gasteiger partial charge < -0.3 is 19.9 Å². The fraction of sp³-hybridized carbons (Fsp3) is 0.885. The Hall–Kier alpha value is -2.48. The molecule has 46 heavy (non-hydrogen) atoms. The van der Waals surface area contributed by atoms with Crippen LogP contribution in [-0.4, -0.2) is 79.3 Å². The van der Waals surface area contributed by atoms with Crippen LogP contribution in [0.15, 0.2) is 0 Å². The number of carbonyl (C=O) groups excluding carboxylic acids is 2. The van der Waals surface area contributed by atoms with Gasteiger partial charge in [-0.1, -0.05) is 38.5 Å². The highest BCUT2D eigenvalue weighted by molar-refractivity contribution is 7.87. The third kappa shape index (κ3) is 11.3. The first-order chi connectivity index (χ1) is 20.7. The second kappa shape index (κ2) is 15.6. The van der Waals surface area contributed by atoms with E-state index in [0.717, 1.165) is 7.11 Å². The van der Waals surface area contributed by atoms with E-state index >= 15 is 0 Å². The fourth-order valence-electron chi connectivity index (χ4n) is 4.31. The summed E-state index contributed by atoms with van der Waals surface area (Å²) in [5, 5.41) is 3.96. The van der Waals surface area contributed by atoms with Crippen molar-refractivity contribution in [1.82, 2.24) is 5.32 Å². The van der Waals surface area contributed by atoms with Crippen LogP contribution in [0.1, 0.15) is 97.8 Å². The number of alkyl carbamates (subject to hydrolysis) is 1. The first kappa shape index (κ1) is 41.5. The van der Waals surface area contributed by atoms with Crippen LogP contribution in [0.25, 0.3) is 0 Å². The monoisotopic (exact) mass is 709 g/mol.